The maximum absolute atomic E-state index is 8.98. The van der Waals surface area contributed by atoms with Crippen LogP contribution in [-0.2, 0) is 6.54 Å². The number of hydrogen-bond donors (Lipinski definition) is 2. The zero-order valence-electron chi connectivity index (χ0n) is 12.1. The van der Waals surface area contributed by atoms with E-state index in [0.717, 1.165) is 20.5 Å². The van der Waals surface area contributed by atoms with Gasteiger partial charge in [0.2, 0.25) is 0 Å². The second-order valence-corrected chi connectivity index (χ2v) is 6.63. The first-order valence-electron chi connectivity index (χ1n) is 6.34. The third kappa shape index (κ3) is 3.46. The van der Waals surface area contributed by atoms with Crippen LogP contribution in [0.4, 0.5) is 5.82 Å². The lowest BCUT2D eigenvalue weighted by Gasteiger charge is -2.22. The first-order chi connectivity index (χ1) is 9.92. The molecule has 0 aliphatic heterocycles. The number of halogens is 1. The molecule has 3 N–H and O–H groups in total. The summed E-state index contributed by atoms with van der Waals surface area (Å²) in [5.74, 6) is 0.749. The number of nitrogens with two attached hydrogens (primary N) is 1. The smallest absolute Gasteiger partial charge is 0.174 e. The van der Waals surface area contributed by atoms with Crippen LogP contribution >= 0.6 is 22.9 Å². The summed E-state index contributed by atoms with van der Waals surface area (Å²) in [5, 5.41) is 12.1. The Kier molecular flexibility index (Phi) is 4.69. The van der Waals surface area contributed by atoms with Gasteiger partial charge in [-0.05, 0) is 37.6 Å². The summed E-state index contributed by atoms with van der Waals surface area (Å²) in [5.41, 5.74) is 8.25. The van der Waals surface area contributed by atoms with Crippen LogP contribution in [-0.4, -0.2) is 23.1 Å². The van der Waals surface area contributed by atoms with Crippen molar-refractivity contribution in [3.05, 3.63) is 44.2 Å². The van der Waals surface area contributed by atoms with E-state index in [1.54, 1.807) is 0 Å². The molecule has 0 bridgehead atoms. The predicted octanol–water partition coefficient (Wildman–Crippen LogP) is 3.14. The lowest BCUT2D eigenvalue weighted by atomic mass is 10.1. The molecule has 2 aromatic rings. The summed E-state index contributed by atoms with van der Waals surface area (Å²) in [6, 6.07) is 5.76. The Labute approximate surface area is 132 Å². The van der Waals surface area contributed by atoms with Gasteiger partial charge in [-0.3, -0.25) is 0 Å². The maximum atomic E-state index is 8.98. The number of amidine groups is 1. The molecule has 0 spiro atoms. The highest BCUT2D eigenvalue weighted by atomic mass is 35.5. The molecule has 2 rings (SSSR count). The van der Waals surface area contributed by atoms with E-state index in [0.29, 0.717) is 17.9 Å². The highest BCUT2D eigenvalue weighted by molar-refractivity contribution is 7.16. The van der Waals surface area contributed by atoms with Gasteiger partial charge in [-0.25, -0.2) is 4.98 Å². The Hall–Kier alpha value is -1.79. The number of thiophene rings is 1. The van der Waals surface area contributed by atoms with Crippen molar-refractivity contribution < 1.29 is 5.21 Å². The van der Waals surface area contributed by atoms with Crippen LogP contribution in [0.2, 0.25) is 4.34 Å². The third-order valence-electron chi connectivity index (χ3n) is 3.07. The molecular weight excluding hydrogens is 308 g/mol. The van der Waals surface area contributed by atoms with E-state index in [-0.39, 0.29) is 5.84 Å². The zero-order valence-corrected chi connectivity index (χ0v) is 13.7. The number of oxime groups is 1. The second kappa shape index (κ2) is 6.32. The summed E-state index contributed by atoms with van der Waals surface area (Å²) >= 11 is 7.48. The summed E-state index contributed by atoms with van der Waals surface area (Å²) in [4.78, 5) is 7.62. The van der Waals surface area contributed by atoms with E-state index in [1.807, 2.05) is 44.0 Å². The molecule has 2 aromatic heterocycles. The van der Waals surface area contributed by atoms with Gasteiger partial charge in [-0.2, -0.15) is 0 Å². The fraction of sp³-hybridized carbons (Fsp3) is 0.286. The molecule has 7 heteroatoms. The molecule has 0 saturated carbocycles. The predicted molar refractivity (Wildman–Crippen MR) is 87.7 cm³/mol. The molecule has 5 nitrogen and oxygen atoms in total. The van der Waals surface area contributed by atoms with Crippen LogP contribution in [0.5, 0.6) is 0 Å². The molecule has 21 heavy (non-hydrogen) atoms. The summed E-state index contributed by atoms with van der Waals surface area (Å²) < 4.78 is 0.753. The number of anilines is 1. The fourth-order valence-electron chi connectivity index (χ4n) is 2.21. The van der Waals surface area contributed by atoms with E-state index in [4.69, 9.17) is 22.5 Å². The molecule has 0 aliphatic rings. The lowest BCUT2D eigenvalue weighted by Crippen LogP contribution is -2.25. The van der Waals surface area contributed by atoms with Crippen molar-refractivity contribution in [2.45, 2.75) is 20.4 Å². The topological polar surface area (TPSA) is 74.7 Å². The van der Waals surface area contributed by atoms with Gasteiger partial charge in [0.15, 0.2) is 5.84 Å². The van der Waals surface area contributed by atoms with Crippen molar-refractivity contribution in [3.63, 3.8) is 0 Å². The van der Waals surface area contributed by atoms with Crippen molar-refractivity contribution in [1.29, 1.82) is 0 Å². The van der Waals surface area contributed by atoms with Gasteiger partial charge < -0.3 is 15.8 Å². The number of aryl methyl sites for hydroxylation is 2. The largest absolute Gasteiger partial charge is 0.409 e. The van der Waals surface area contributed by atoms with Crippen LogP contribution < -0.4 is 10.6 Å². The van der Waals surface area contributed by atoms with Gasteiger partial charge in [0, 0.05) is 17.6 Å². The maximum Gasteiger partial charge on any atom is 0.174 e. The van der Waals surface area contributed by atoms with Gasteiger partial charge in [0.25, 0.3) is 0 Å². The Balaban J connectivity index is 2.41. The van der Waals surface area contributed by atoms with Gasteiger partial charge in [0.1, 0.15) is 5.82 Å². The van der Waals surface area contributed by atoms with Crippen molar-refractivity contribution in [1.82, 2.24) is 4.98 Å². The number of pyridine rings is 1. The average Bonchev–Trinajstić information content (AvgIpc) is 2.82. The molecule has 0 aromatic carbocycles. The van der Waals surface area contributed by atoms with Crippen LogP contribution in [0, 0.1) is 13.8 Å². The highest BCUT2D eigenvalue weighted by Crippen LogP contribution is 2.26. The van der Waals surface area contributed by atoms with Crippen LogP contribution in [0.15, 0.2) is 23.4 Å². The molecule has 0 atom stereocenters. The monoisotopic (exact) mass is 324 g/mol. The number of nitrogens with zero attached hydrogens (tertiary/aromatic N) is 3. The minimum atomic E-state index is 0.0612. The van der Waals surface area contributed by atoms with E-state index in [9.17, 15) is 0 Å². The Morgan fingerprint density at radius 1 is 1.48 bits per heavy atom. The first kappa shape index (κ1) is 15.6. The quantitative estimate of drug-likeness (QED) is 0.392. The standard InChI is InChI=1S/C14H17ClN4OS/c1-8-6-9(2)17-14(12(8)13(16)18-20)19(3)7-10-4-5-11(15)21-10/h4-6,20H,7H2,1-3H3,(H2,16,18). The molecule has 112 valence electrons. The molecule has 2 heterocycles. The van der Waals surface area contributed by atoms with Crippen LogP contribution in [0.1, 0.15) is 21.7 Å². The minimum Gasteiger partial charge on any atom is -0.409 e. The molecule has 0 radical (unpaired) electrons. The SMILES string of the molecule is Cc1cc(C)c(C(N)=NO)c(N(C)Cc2ccc(Cl)s2)n1. The van der Waals surface area contributed by atoms with Crippen molar-refractivity contribution in [2.75, 3.05) is 11.9 Å². The summed E-state index contributed by atoms with van der Waals surface area (Å²) in [7, 11) is 1.92. The van der Waals surface area contributed by atoms with Gasteiger partial charge >= 0.3 is 0 Å². The van der Waals surface area contributed by atoms with Gasteiger partial charge in [0.05, 0.1) is 16.4 Å². The molecule has 0 fully saturated rings. The van der Waals surface area contributed by atoms with Crippen LogP contribution in [0.3, 0.4) is 0 Å². The Morgan fingerprint density at radius 2 is 2.19 bits per heavy atom. The number of aromatic nitrogens is 1. The van der Waals surface area contributed by atoms with Crippen molar-refractivity contribution >= 4 is 34.6 Å². The van der Waals surface area contributed by atoms with Gasteiger partial charge in [-0.1, -0.05) is 16.8 Å². The van der Waals surface area contributed by atoms with Crippen molar-refractivity contribution in [2.24, 2.45) is 10.9 Å². The fourth-order valence-corrected chi connectivity index (χ4v) is 3.35. The normalized spacial score (nSPS) is 11.7. The summed E-state index contributed by atoms with van der Waals surface area (Å²) in [6.07, 6.45) is 0. The Morgan fingerprint density at radius 3 is 2.76 bits per heavy atom. The number of rotatable bonds is 4. The van der Waals surface area contributed by atoms with E-state index in [1.165, 1.54) is 11.3 Å². The van der Waals surface area contributed by atoms with Crippen molar-refractivity contribution in [3.8, 4) is 0 Å². The molecule has 0 amide bonds. The average molecular weight is 325 g/mol. The highest BCUT2D eigenvalue weighted by Gasteiger charge is 2.17. The van der Waals surface area contributed by atoms with E-state index >= 15 is 0 Å². The summed E-state index contributed by atoms with van der Waals surface area (Å²) in [6.45, 7) is 4.49. The lowest BCUT2D eigenvalue weighted by molar-refractivity contribution is 0.318. The van der Waals surface area contributed by atoms with Crippen LogP contribution in [0.25, 0.3) is 0 Å². The molecule has 0 saturated heterocycles. The number of hydrogen-bond acceptors (Lipinski definition) is 5. The second-order valence-electron chi connectivity index (χ2n) is 4.83. The van der Waals surface area contributed by atoms with Gasteiger partial charge in [-0.15, -0.1) is 11.3 Å². The zero-order chi connectivity index (χ0) is 15.6. The Bertz CT molecular complexity index is 684. The molecule has 0 unspecified atom stereocenters. The van der Waals surface area contributed by atoms with E-state index in [2.05, 4.69) is 10.1 Å². The first-order valence-corrected chi connectivity index (χ1v) is 7.53. The van der Waals surface area contributed by atoms with E-state index < -0.39 is 0 Å². The minimum absolute atomic E-state index is 0.0612. The third-order valence-corrected chi connectivity index (χ3v) is 4.29. The molecular formula is C14H17ClN4OS. The molecule has 0 aliphatic carbocycles.